The van der Waals surface area contributed by atoms with E-state index in [1.54, 1.807) is 7.11 Å². The second-order valence-electron chi connectivity index (χ2n) is 9.63. The Hall–Kier alpha value is -2.29. The smallest absolute Gasteiger partial charge is 0.227 e. The minimum absolute atomic E-state index is 0.194. The topological polar surface area (TPSA) is 29.5 Å². The van der Waals surface area contributed by atoms with Gasteiger partial charge in [0.25, 0.3) is 0 Å². The Bertz CT molecular complexity index is 757. The van der Waals surface area contributed by atoms with Crippen LogP contribution in [0, 0.1) is 17.3 Å². The summed E-state index contributed by atoms with van der Waals surface area (Å²) in [5.74, 6) is 1.99. The molecule has 0 aromatic heterocycles. The van der Waals surface area contributed by atoms with Crippen LogP contribution in [0.2, 0.25) is 0 Å². The number of hydrogen-bond donors (Lipinski definition) is 0. The maximum atomic E-state index is 12.4. The van der Waals surface area contributed by atoms with Crippen LogP contribution in [0.5, 0.6) is 5.75 Å². The maximum absolute atomic E-state index is 12.4. The van der Waals surface area contributed by atoms with E-state index in [-0.39, 0.29) is 11.3 Å². The highest BCUT2D eigenvalue weighted by atomic mass is 16.5. The van der Waals surface area contributed by atoms with Crippen molar-refractivity contribution in [2.24, 2.45) is 17.3 Å². The molecule has 0 saturated carbocycles. The summed E-state index contributed by atoms with van der Waals surface area (Å²) in [5, 5.41) is 0. The van der Waals surface area contributed by atoms with E-state index < -0.39 is 0 Å². The molecule has 30 heavy (non-hydrogen) atoms. The maximum Gasteiger partial charge on any atom is 0.227 e. The van der Waals surface area contributed by atoms with Crippen LogP contribution in [0.1, 0.15) is 60.5 Å². The Labute approximate surface area is 184 Å². The number of amides is 1. The van der Waals surface area contributed by atoms with Crippen LogP contribution in [0.4, 0.5) is 0 Å². The van der Waals surface area contributed by atoms with Gasteiger partial charge < -0.3 is 9.64 Å². The average molecular weight is 412 g/mol. The van der Waals surface area contributed by atoms with Gasteiger partial charge in [-0.2, -0.15) is 0 Å². The van der Waals surface area contributed by atoms with Crippen LogP contribution in [0.3, 0.4) is 0 Å². The Balaban J connectivity index is 2.95. The standard InChI is InChI=1S/C27H41NO2/c1-20(2)19-24(23-13-15-25(30-9)16-14-23)12-10-11-22(21(3)4)17-18-28(8)26(29)27(5,6)7/h10-16,19,21-22H,17-18H2,1-9H3/b11-10?,24-12+. The lowest BCUT2D eigenvalue weighted by molar-refractivity contribution is -0.138. The van der Waals surface area contributed by atoms with E-state index in [4.69, 9.17) is 4.74 Å². The fourth-order valence-electron chi connectivity index (χ4n) is 3.29. The van der Waals surface area contributed by atoms with E-state index in [2.05, 4.69) is 64.1 Å². The van der Waals surface area contributed by atoms with Crippen LogP contribution >= 0.6 is 0 Å². The number of carbonyl (C=O) groups is 1. The summed E-state index contributed by atoms with van der Waals surface area (Å²) in [5.41, 5.74) is 3.26. The molecule has 1 aromatic rings. The summed E-state index contributed by atoms with van der Waals surface area (Å²) in [6.45, 7) is 15.4. The number of ether oxygens (including phenoxy) is 1. The van der Waals surface area contributed by atoms with Crippen molar-refractivity contribution in [2.45, 2.75) is 54.9 Å². The molecule has 1 rings (SSSR count). The van der Waals surface area contributed by atoms with Crippen LogP contribution in [0.15, 0.2) is 54.1 Å². The first-order valence-electron chi connectivity index (χ1n) is 10.9. The predicted octanol–water partition coefficient (Wildman–Crippen LogP) is 6.77. The van der Waals surface area contributed by atoms with Crippen LogP contribution in [-0.4, -0.2) is 31.5 Å². The summed E-state index contributed by atoms with van der Waals surface area (Å²) >= 11 is 0. The van der Waals surface area contributed by atoms with Gasteiger partial charge in [-0.05, 0) is 55.4 Å². The molecule has 1 aromatic carbocycles. The van der Waals surface area contributed by atoms with Gasteiger partial charge >= 0.3 is 0 Å². The van der Waals surface area contributed by atoms with Crippen molar-refractivity contribution in [1.82, 2.24) is 4.90 Å². The molecule has 0 aliphatic carbocycles. The highest BCUT2D eigenvalue weighted by Gasteiger charge is 2.25. The van der Waals surface area contributed by atoms with Crippen LogP contribution < -0.4 is 4.74 Å². The largest absolute Gasteiger partial charge is 0.497 e. The lowest BCUT2D eigenvalue weighted by Crippen LogP contribution is -2.37. The first-order valence-corrected chi connectivity index (χ1v) is 10.9. The molecule has 3 heteroatoms. The first-order chi connectivity index (χ1) is 14.0. The van der Waals surface area contributed by atoms with Gasteiger partial charge in [0, 0.05) is 19.0 Å². The minimum atomic E-state index is -0.335. The van der Waals surface area contributed by atoms with E-state index in [1.807, 2.05) is 44.9 Å². The average Bonchev–Trinajstić information content (AvgIpc) is 2.67. The molecule has 0 spiro atoms. The van der Waals surface area contributed by atoms with Crippen molar-refractivity contribution >= 4 is 11.5 Å². The summed E-state index contributed by atoms with van der Waals surface area (Å²) in [4.78, 5) is 14.3. The molecule has 0 bridgehead atoms. The molecule has 0 fully saturated rings. The molecular weight excluding hydrogens is 370 g/mol. The second-order valence-corrected chi connectivity index (χ2v) is 9.63. The monoisotopic (exact) mass is 411 g/mol. The number of allylic oxidation sites excluding steroid dienone is 6. The number of rotatable bonds is 9. The third kappa shape index (κ3) is 8.61. The third-order valence-corrected chi connectivity index (χ3v) is 5.14. The van der Waals surface area contributed by atoms with Crippen molar-refractivity contribution in [1.29, 1.82) is 0 Å². The zero-order chi connectivity index (χ0) is 22.9. The molecule has 0 saturated heterocycles. The van der Waals surface area contributed by atoms with Gasteiger partial charge in [-0.25, -0.2) is 0 Å². The van der Waals surface area contributed by atoms with Crippen LogP contribution in [-0.2, 0) is 4.79 Å². The molecule has 1 atom stereocenters. The van der Waals surface area contributed by atoms with Crippen molar-refractivity contribution in [3.05, 3.63) is 59.7 Å². The lowest BCUT2D eigenvalue weighted by Gasteiger charge is -2.28. The summed E-state index contributed by atoms with van der Waals surface area (Å²) in [6, 6.07) is 8.16. The van der Waals surface area contributed by atoms with Crippen molar-refractivity contribution in [2.75, 3.05) is 20.7 Å². The van der Waals surface area contributed by atoms with Gasteiger partial charge in [0.05, 0.1) is 7.11 Å². The molecule has 0 aliphatic heterocycles. The van der Waals surface area contributed by atoms with Gasteiger partial charge in [0.15, 0.2) is 0 Å². The molecule has 0 N–H and O–H groups in total. The van der Waals surface area contributed by atoms with Crippen molar-refractivity contribution < 1.29 is 9.53 Å². The SMILES string of the molecule is COc1ccc(/C(C=C(C)C)=C/C=CC(CCN(C)C(=O)C(C)(C)C)C(C)C)cc1. The quantitative estimate of drug-likeness (QED) is 0.420. The van der Waals surface area contributed by atoms with Crippen molar-refractivity contribution in [3.63, 3.8) is 0 Å². The van der Waals surface area contributed by atoms with E-state index in [0.29, 0.717) is 11.8 Å². The fourth-order valence-corrected chi connectivity index (χ4v) is 3.29. The highest BCUT2D eigenvalue weighted by Crippen LogP contribution is 2.23. The zero-order valence-corrected chi connectivity index (χ0v) is 20.5. The number of benzene rings is 1. The Morgan fingerprint density at radius 3 is 2.20 bits per heavy atom. The van der Waals surface area contributed by atoms with Crippen molar-refractivity contribution in [3.8, 4) is 5.75 Å². The van der Waals surface area contributed by atoms with E-state index >= 15 is 0 Å². The summed E-state index contributed by atoms with van der Waals surface area (Å²) < 4.78 is 5.28. The third-order valence-electron chi connectivity index (χ3n) is 5.14. The normalized spacial score (nSPS) is 13.5. The number of nitrogens with zero attached hydrogens (tertiary/aromatic N) is 1. The van der Waals surface area contributed by atoms with Crippen LogP contribution in [0.25, 0.3) is 5.57 Å². The van der Waals surface area contributed by atoms with Gasteiger partial charge in [-0.15, -0.1) is 0 Å². The Kier molecular flexibility index (Phi) is 10.1. The molecular formula is C27H41NO2. The number of methoxy groups -OCH3 is 1. The van der Waals surface area contributed by atoms with Gasteiger partial charge in [0.1, 0.15) is 5.75 Å². The molecule has 1 amide bonds. The van der Waals surface area contributed by atoms with Gasteiger partial charge in [-0.3, -0.25) is 4.79 Å². The van der Waals surface area contributed by atoms with Gasteiger partial charge in [-0.1, -0.05) is 76.6 Å². The predicted molar refractivity (Wildman–Crippen MR) is 130 cm³/mol. The zero-order valence-electron chi connectivity index (χ0n) is 20.5. The number of carbonyl (C=O) groups excluding carboxylic acids is 1. The highest BCUT2D eigenvalue weighted by molar-refractivity contribution is 5.81. The molecule has 3 nitrogen and oxygen atoms in total. The molecule has 166 valence electrons. The fraction of sp³-hybridized carbons (Fsp3) is 0.519. The van der Waals surface area contributed by atoms with Gasteiger partial charge in [0.2, 0.25) is 5.91 Å². The molecule has 1 unspecified atom stereocenters. The number of hydrogen-bond acceptors (Lipinski definition) is 2. The Morgan fingerprint density at radius 1 is 1.13 bits per heavy atom. The van der Waals surface area contributed by atoms with E-state index in [0.717, 1.165) is 18.7 Å². The minimum Gasteiger partial charge on any atom is -0.497 e. The summed E-state index contributed by atoms with van der Waals surface area (Å²) in [7, 11) is 3.59. The van der Waals surface area contributed by atoms with E-state index in [1.165, 1.54) is 16.7 Å². The molecule has 0 radical (unpaired) electrons. The molecule has 0 aliphatic rings. The Morgan fingerprint density at radius 2 is 1.73 bits per heavy atom. The lowest BCUT2D eigenvalue weighted by atomic mass is 9.90. The molecule has 0 heterocycles. The summed E-state index contributed by atoms with van der Waals surface area (Å²) in [6.07, 6.45) is 9.78. The van der Waals surface area contributed by atoms with E-state index in [9.17, 15) is 4.79 Å². The first kappa shape index (κ1) is 25.7. The second kappa shape index (κ2) is 11.8.